The van der Waals surface area contributed by atoms with Crippen molar-refractivity contribution in [1.29, 1.82) is 0 Å². The van der Waals surface area contributed by atoms with Crippen LogP contribution in [-0.2, 0) is 9.47 Å². The number of methoxy groups -OCH3 is 2. The predicted octanol–water partition coefficient (Wildman–Crippen LogP) is 2.16. The molecule has 3 nitrogen and oxygen atoms in total. The molecule has 0 aliphatic carbocycles. The van der Waals surface area contributed by atoms with Crippen LogP contribution >= 0.6 is 0 Å². The third-order valence-electron chi connectivity index (χ3n) is 2.25. The highest BCUT2D eigenvalue weighted by atomic mass is 19.1. The van der Waals surface area contributed by atoms with E-state index in [9.17, 15) is 4.39 Å². The summed E-state index contributed by atoms with van der Waals surface area (Å²) < 4.78 is 23.2. The van der Waals surface area contributed by atoms with E-state index in [2.05, 4.69) is 5.32 Å². The van der Waals surface area contributed by atoms with E-state index >= 15 is 0 Å². The van der Waals surface area contributed by atoms with Gasteiger partial charge in [-0.25, -0.2) is 4.39 Å². The van der Waals surface area contributed by atoms with E-state index in [4.69, 9.17) is 9.47 Å². The minimum atomic E-state index is -0.326. The van der Waals surface area contributed by atoms with Gasteiger partial charge in [0, 0.05) is 25.5 Å². The topological polar surface area (TPSA) is 30.5 Å². The molecule has 0 atom stereocenters. The van der Waals surface area contributed by atoms with Gasteiger partial charge in [-0.15, -0.1) is 0 Å². The SMILES string of the molecule is COC(CNc1cccc(F)c1C)OC. The average molecular weight is 213 g/mol. The number of halogens is 1. The number of rotatable bonds is 5. The number of benzene rings is 1. The van der Waals surface area contributed by atoms with Crippen LogP contribution in [0, 0.1) is 12.7 Å². The molecule has 84 valence electrons. The van der Waals surface area contributed by atoms with Gasteiger partial charge in [0.15, 0.2) is 6.29 Å². The Labute approximate surface area is 89.2 Å². The zero-order valence-corrected chi connectivity index (χ0v) is 9.21. The van der Waals surface area contributed by atoms with Crippen molar-refractivity contribution >= 4 is 5.69 Å². The van der Waals surface area contributed by atoms with Crippen molar-refractivity contribution in [3.05, 3.63) is 29.6 Å². The molecule has 0 amide bonds. The van der Waals surface area contributed by atoms with Crippen LogP contribution in [0.3, 0.4) is 0 Å². The van der Waals surface area contributed by atoms with Crippen LogP contribution in [-0.4, -0.2) is 27.1 Å². The molecular weight excluding hydrogens is 197 g/mol. The summed E-state index contributed by atoms with van der Waals surface area (Å²) in [7, 11) is 3.13. The van der Waals surface area contributed by atoms with E-state index in [0.29, 0.717) is 12.1 Å². The summed E-state index contributed by atoms with van der Waals surface area (Å²) in [6, 6.07) is 4.92. The maximum absolute atomic E-state index is 13.2. The molecule has 0 saturated heterocycles. The van der Waals surface area contributed by atoms with Gasteiger partial charge in [0.1, 0.15) is 5.82 Å². The Morgan fingerprint density at radius 3 is 2.60 bits per heavy atom. The van der Waals surface area contributed by atoms with Gasteiger partial charge in [-0.2, -0.15) is 0 Å². The molecule has 1 N–H and O–H groups in total. The summed E-state index contributed by atoms with van der Waals surface area (Å²) in [5, 5.41) is 3.07. The lowest BCUT2D eigenvalue weighted by Gasteiger charge is -2.16. The standard InChI is InChI=1S/C11H16FNO2/c1-8-9(12)5-4-6-10(8)13-7-11(14-2)15-3/h4-6,11,13H,7H2,1-3H3. The molecule has 1 aromatic carbocycles. The van der Waals surface area contributed by atoms with Gasteiger partial charge in [-0.05, 0) is 19.1 Å². The van der Waals surface area contributed by atoms with Crippen LogP contribution in [0.25, 0.3) is 0 Å². The van der Waals surface area contributed by atoms with E-state index in [1.807, 2.05) is 6.07 Å². The molecule has 0 aliphatic rings. The number of nitrogens with one attached hydrogen (secondary N) is 1. The molecule has 0 fully saturated rings. The second-order valence-electron chi connectivity index (χ2n) is 3.19. The highest BCUT2D eigenvalue weighted by Crippen LogP contribution is 2.17. The summed E-state index contributed by atoms with van der Waals surface area (Å²) in [6.45, 7) is 2.21. The molecule has 0 saturated carbocycles. The Kier molecular flexibility index (Phi) is 4.52. The first-order valence-electron chi connectivity index (χ1n) is 4.73. The summed E-state index contributed by atoms with van der Waals surface area (Å²) in [4.78, 5) is 0. The van der Waals surface area contributed by atoms with Gasteiger partial charge in [-0.1, -0.05) is 6.07 Å². The molecule has 0 radical (unpaired) electrons. The van der Waals surface area contributed by atoms with Gasteiger partial charge in [-0.3, -0.25) is 0 Å². The van der Waals surface area contributed by atoms with Crippen molar-refractivity contribution in [3.8, 4) is 0 Å². The van der Waals surface area contributed by atoms with Gasteiger partial charge >= 0.3 is 0 Å². The number of hydrogen-bond donors (Lipinski definition) is 1. The van der Waals surface area contributed by atoms with Crippen LogP contribution in [0.4, 0.5) is 10.1 Å². The molecular formula is C11H16FNO2. The Hall–Kier alpha value is -1.13. The summed E-state index contributed by atoms with van der Waals surface area (Å²) in [5.74, 6) is -0.216. The first-order valence-corrected chi connectivity index (χ1v) is 4.73. The summed E-state index contributed by atoms with van der Waals surface area (Å²) in [5.41, 5.74) is 1.36. The normalized spacial score (nSPS) is 10.7. The molecule has 1 rings (SSSR count). The lowest BCUT2D eigenvalue weighted by molar-refractivity contribution is -0.0914. The lowest BCUT2D eigenvalue weighted by atomic mass is 10.2. The molecule has 0 unspecified atom stereocenters. The minimum absolute atomic E-state index is 0.216. The van der Waals surface area contributed by atoms with E-state index in [0.717, 1.165) is 5.69 Å². The van der Waals surface area contributed by atoms with Gasteiger partial charge in [0.2, 0.25) is 0 Å². The second kappa shape index (κ2) is 5.68. The van der Waals surface area contributed by atoms with Gasteiger partial charge in [0.05, 0.1) is 6.54 Å². The van der Waals surface area contributed by atoms with Crippen LogP contribution in [0.15, 0.2) is 18.2 Å². The second-order valence-corrected chi connectivity index (χ2v) is 3.19. The smallest absolute Gasteiger partial charge is 0.173 e. The van der Waals surface area contributed by atoms with Gasteiger partial charge < -0.3 is 14.8 Å². The van der Waals surface area contributed by atoms with Crippen molar-refractivity contribution in [1.82, 2.24) is 0 Å². The fraction of sp³-hybridized carbons (Fsp3) is 0.455. The quantitative estimate of drug-likeness (QED) is 0.760. The van der Waals surface area contributed by atoms with Gasteiger partial charge in [0.25, 0.3) is 0 Å². The zero-order valence-electron chi connectivity index (χ0n) is 9.21. The van der Waals surface area contributed by atoms with Crippen molar-refractivity contribution in [2.45, 2.75) is 13.2 Å². The molecule has 0 aromatic heterocycles. The predicted molar refractivity (Wildman–Crippen MR) is 57.4 cm³/mol. The third-order valence-corrected chi connectivity index (χ3v) is 2.25. The fourth-order valence-corrected chi connectivity index (χ4v) is 1.26. The molecule has 0 bridgehead atoms. The number of anilines is 1. The maximum Gasteiger partial charge on any atom is 0.173 e. The van der Waals surface area contributed by atoms with Crippen LogP contribution in [0.5, 0.6) is 0 Å². The largest absolute Gasteiger partial charge is 0.380 e. The Bertz CT molecular complexity index is 313. The van der Waals surface area contributed by atoms with Crippen molar-refractivity contribution in [2.75, 3.05) is 26.1 Å². The van der Waals surface area contributed by atoms with Crippen molar-refractivity contribution in [2.24, 2.45) is 0 Å². The van der Waals surface area contributed by atoms with Crippen molar-refractivity contribution < 1.29 is 13.9 Å². The lowest BCUT2D eigenvalue weighted by Crippen LogP contribution is -2.23. The van der Waals surface area contributed by atoms with Crippen LogP contribution < -0.4 is 5.32 Å². The van der Waals surface area contributed by atoms with E-state index in [-0.39, 0.29) is 12.1 Å². The molecule has 0 spiro atoms. The molecule has 0 heterocycles. The Morgan fingerprint density at radius 2 is 2.00 bits per heavy atom. The first kappa shape index (κ1) is 11.9. The molecule has 0 aliphatic heterocycles. The number of hydrogen-bond acceptors (Lipinski definition) is 3. The maximum atomic E-state index is 13.2. The molecule has 1 aromatic rings. The Balaban J connectivity index is 2.61. The highest BCUT2D eigenvalue weighted by molar-refractivity contribution is 5.50. The third kappa shape index (κ3) is 3.18. The minimum Gasteiger partial charge on any atom is -0.380 e. The van der Waals surface area contributed by atoms with E-state index < -0.39 is 0 Å². The molecule has 15 heavy (non-hydrogen) atoms. The first-order chi connectivity index (χ1) is 7.19. The highest BCUT2D eigenvalue weighted by Gasteiger charge is 2.07. The monoisotopic (exact) mass is 213 g/mol. The molecule has 4 heteroatoms. The average Bonchev–Trinajstić information content (AvgIpc) is 2.25. The summed E-state index contributed by atoms with van der Waals surface area (Å²) >= 11 is 0. The fourth-order valence-electron chi connectivity index (χ4n) is 1.26. The van der Waals surface area contributed by atoms with Crippen LogP contribution in [0.2, 0.25) is 0 Å². The van der Waals surface area contributed by atoms with Crippen LogP contribution in [0.1, 0.15) is 5.56 Å². The number of ether oxygens (including phenoxy) is 2. The summed E-state index contributed by atoms with van der Waals surface area (Å²) in [6.07, 6.45) is -0.326. The zero-order chi connectivity index (χ0) is 11.3. The van der Waals surface area contributed by atoms with E-state index in [1.54, 1.807) is 27.2 Å². The van der Waals surface area contributed by atoms with Crippen molar-refractivity contribution in [3.63, 3.8) is 0 Å². The van der Waals surface area contributed by atoms with E-state index in [1.165, 1.54) is 6.07 Å². The Morgan fingerprint density at radius 1 is 1.33 bits per heavy atom.